The van der Waals surface area contributed by atoms with Gasteiger partial charge in [-0.3, -0.25) is 4.79 Å². The number of allylic oxidation sites excluding steroid dienone is 1. The smallest absolute Gasteiger partial charge is 0.221 e. The van der Waals surface area contributed by atoms with E-state index in [2.05, 4.69) is 40.5 Å². The normalized spacial score (nSPS) is 14.4. The minimum Gasteiger partial charge on any atom is -0.496 e. The number of aromatic nitrogens is 3. The van der Waals surface area contributed by atoms with Crippen molar-refractivity contribution in [2.24, 2.45) is 5.92 Å². The first kappa shape index (κ1) is 24.0. The highest BCUT2D eigenvalue weighted by Gasteiger charge is 2.32. The highest BCUT2D eigenvalue weighted by Crippen LogP contribution is 2.39. The van der Waals surface area contributed by atoms with E-state index in [0.717, 1.165) is 41.4 Å². The number of nitrogens with one attached hydrogen (secondary N) is 1. The zero-order chi connectivity index (χ0) is 23.1. The van der Waals surface area contributed by atoms with Gasteiger partial charge < -0.3 is 14.6 Å². The highest BCUT2D eigenvalue weighted by molar-refractivity contribution is 5.76. The number of ether oxygens (including phenoxy) is 1. The molecule has 1 aromatic heterocycles. The molecule has 32 heavy (non-hydrogen) atoms. The average Bonchev–Trinajstić information content (AvgIpc) is 3.51. The molecule has 6 heteroatoms. The van der Waals surface area contributed by atoms with Crippen LogP contribution >= 0.6 is 0 Å². The highest BCUT2D eigenvalue weighted by atomic mass is 16.5. The number of carbonyl (C=O) groups excluding carboxylic acids is 1. The van der Waals surface area contributed by atoms with Crippen LogP contribution in [0.5, 0.6) is 5.75 Å². The van der Waals surface area contributed by atoms with E-state index in [9.17, 15) is 4.79 Å². The van der Waals surface area contributed by atoms with Crippen LogP contribution < -0.4 is 10.1 Å². The van der Waals surface area contributed by atoms with Gasteiger partial charge in [0.15, 0.2) is 0 Å². The molecule has 1 aliphatic carbocycles. The summed E-state index contributed by atoms with van der Waals surface area (Å²) >= 11 is 0. The van der Waals surface area contributed by atoms with Crippen LogP contribution in [0.3, 0.4) is 0 Å². The van der Waals surface area contributed by atoms with E-state index in [0.29, 0.717) is 31.3 Å². The number of nitrogens with zero attached hydrogens (tertiary/aromatic N) is 3. The zero-order valence-electron chi connectivity index (χ0n) is 20.1. The molecule has 1 fully saturated rings. The fraction of sp³-hybridized carbons (Fsp3) is 0.577. The molecule has 6 nitrogen and oxygen atoms in total. The van der Waals surface area contributed by atoms with E-state index in [1.54, 1.807) is 7.11 Å². The maximum atomic E-state index is 12.8. The first-order valence-corrected chi connectivity index (χ1v) is 11.9. The fourth-order valence-corrected chi connectivity index (χ4v) is 4.15. The van der Waals surface area contributed by atoms with Gasteiger partial charge in [-0.1, -0.05) is 38.5 Å². The van der Waals surface area contributed by atoms with E-state index in [-0.39, 0.29) is 11.8 Å². The summed E-state index contributed by atoms with van der Waals surface area (Å²) in [4.78, 5) is 12.8. The van der Waals surface area contributed by atoms with E-state index < -0.39 is 0 Å². The molecule has 1 saturated carbocycles. The van der Waals surface area contributed by atoms with E-state index in [1.807, 2.05) is 31.2 Å². The number of methoxy groups -OCH3 is 1. The van der Waals surface area contributed by atoms with Crippen LogP contribution in [0.1, 0.15) is 87.1 Å². The topological polar surface area (TPSA) is 69.0 Å². The number of hydrogen-bond donors (Lipinski definition) is 1. The second-order valence-corrected chi connectivity index (χ2v) is 9.38. The lowest BCUT2D eigenvalue weighted by Crippen LogP contribution is -2.26. The van der Waals surface area contributed by atoms with Crippen LogP contribution in [0.15, 0.2) is 30.9 Å². The Labute approximate surface area is 192 Å². The quantitative estimate of drug-likeness (QED) is 0.432. The summed E-state index contributed by atoms with van der Waals surface area (Å²) in [6.07, 6.45) is 8.55. The van der Waals surface area contributed by atoms with Crippen molar-refractivity contribution in [1.82, 2.24) is 20.1 Å². The Morgan fingerprint density at radius 3 is 2.78 bits per heavy atom. The second kappa shape index (κ2) is 11.3. The van der Waals surface area contributed by atoms with Crippen molar-refractivity contribution < 1.29 is 9.53 Å². The molecule has 3 rings (SSSR count). The van der Waals surface area contributed by atoms with Gasteiger partial charge in [0.05, 0.1) is 7.11 Å². The zero-order valence-corrected chi connectivity index (χ0v) is 20.1. The van der Waals surface area contributed by atoms with Crippen molar-refractivity contribution in [2.75, 3.05) is 7.11 Å². The Hall–Kier alpha value is -2.63. The van der Waals surface area contributed by atoms with Crippen molar-refractivity contribution in [3.63, 3.8) is 0 Å². The molecular formula is C26H38N4O2. The molecule has 2 aromatic rings. The van der Waals surface area contributed by atoms with Crippen LogP contribution in [0.2, 0.25) is 0 Å². The molecule has 1 N–H and O–H groups in total. The number of aryl methyl sites for hydroxylation is 2. The molecule has 1 atom stereocenters. The lowest BCUT2D eigenvalue weighted by molar-refractivity contribution is -0.121. The van der Waals surface area contributed by atoms with Gasteiger partial charge in [0.1, 0.15) is 17.4 Å². The molecule has 1 unspecified atom stereocenters. The number of benzene rings is 1. The fourth-order valence-electron chi connectivity index (χ4n) is 4.15. The average molecular weight is 439 g/mol. The van der Waals surface area contributed by atoms with Crippen molar-refractivity contribution >= 4 is 5.91 Å². The molecule has 0 spiro atoms. The van der Waals surface area contributed by atoms with E-state index in [1.165, 1.54) is 19.3 Å². The first-order chi connectivity index (χ1) is 15.4. The maximum Gasteiger partial charge on any atom is 0.221 e. The molecule has 0 radical (unpaired) electrons. The standard InChI is InChI=1S/C26H38N4O2/c1-6-8-20(16-25(31)27-17-21-12-11-19(4)15-23(21)32-5)26-29-28-24(10-7-9-18(2)3)30(26)22-13-14-22/h6,11-12,15,18,20,22H,1,7-10,13-14,16-17H2,2-5H3,(H,27,31). The van der Waals surface area contributed by atoms with Crippen LogP contribution in [0.25, 0.3) is 0 Å². The molecular weight excluding hydrogens is 400 g/mol. The molecule has 0 aliphatic heterocycles. The van der Waals surface area contributed by atoms with Gasteiger partial charge >= 0.3 is 0 Å². The van der Waals surface area contributed by atoms with Gasteiger partial charge in [-0.15, -0.1) is 16.8 Å². The van der Waals surface area contributed by atoms with Crippen LogP contribution in [-0.2, 0) is 17.8 Å². The Kier molecular flexibility index (Phi) is 8.48. The molecule has 174 valence electrons. The van der Waals surface area contributed by atoms with Gasteiger partial charge in [-0.25, -0.2) is 0 Å². The van der Waals surface area contributed by atoms with Crippen molar-refractivity contribution in [3.05, 3.63) is 53.6 Å². The summed E-state index contributed by atoms with van der Waals surface area (Å²) in [5.74, 6) is 3.49. The lowest BCUT2D eigenvalue weighted by Gasteiger charge is -2.17. The first-order valence-electron chi connectivity index (χ1n) is 11.9. The molecule has 0 bridgehead atoms. The SMILES string of the molecule is C=CCC(CC(=O)NCc1ccc(C)cc1OC)c1nnc(CCCC(C)C)n1C1CC1. The third-order valence-electron chi connectivity index (χ3n) is 6.05. The summed E-state index contributed by atoms with van der Waals surface area (Å²) in [5.41, 5.74) is 2.10. The number of hydrogen-bond acceptors (Lipinski definition) is 4. The molecule has 1 amide bonds. The minimum absolute atomic E-state index is 0.00572. The summed E-state index contributed by atoms with van der Waals surface area (Å²) in [6.45, 7) is 10.9. The Bertz CT molecular complexity index is 915. The molecule has 1 aliphatic rings. The second-order valence-electron chi connectivity index (χ2n) is 9.38. The van der Waals surface area contributed by atoms with Crippen LogP contribution in [-0.4, -0.2) is 27.8 Å². The van der Waals surface area contributed by atoms with Gasteiger partial charge in [0.2, 0.25) is 5.91 Å². The number of amides is 1. The Balaban J connectivity index is 1.68. The lowest BCUT2D eigenvalue weighted by atomic mass is 9.99. The minimum atomic E-state index is -0.0145. The monoisotopic (exact) mass is 438 g/mol. The predicted molar refractivity (Wildman–Crippen MR) is 128 cm³/mol. The summed E-state index contributed by atoms with van der Waals surface area (Å²) in [5, 5.41) is 12.2. The van der Waals surface area contributed by atoms with Crippen molar-refractivity contribution in [3.8, 4) is 5.75 Å². The maximum absolute atomic E-state index is 12.8. The predicted octanol–water partition coefficient (Wildman–Crippen LogP) is 5.27. The number of carbonyl (C=O) groups is 1. The summed E-state index contributed by atoms with van der Waals surface area (Å²) in [7, 11) is 1.66. The van der Waals surface area contributed by atoms with Crippen molar-refractivity contribution in [2.45, 2.75) is 84.2 Å². The summed E-state index contributed by atoms with van der Waals surface area (Å²) in [6, 6.07) is 6.51. The third-order valence-corrected chi connectivity index (χ3v) is 6.05. The van der Waals surface area contributed by atoms with E-state index >= 15 is 0 Å². The van der Waals surface area contributed by atoms with Gasteiger partial charge in [0.25, 0.3) is 0 Å². The van der Waals surface area contributed by atoms with E-state index in [4.69, 9.17) is 4.74 Å². The molecule has 1 heterocycles. The number of rotatable bonds is 13. The van der Waals surface area contributed by atoms with Crippen molar-refractivity contribution in [1.29, 1.82) is 0 Å². The molecule has 1 aromatic carbocycles. The van der Waals surface area contributed by atoms with Crippen LogP contribution in [0, 0.1) is 12.8 Å². The largest absolute Gasteiger partial charge is 0.496 e. The van der Waals surface area contributed by atoms with Gasteiger partial charge in [-0.2, -0.15) is 0 Å². The molecule has 0 saturated heterocycles. The Morgan fingerprint density at radius 2 is 2.12 bits per heavy atom. The van der Waals surface area contributed by atoms with Gasteiger partial charge in [0, 0.05) is 36.9 Å². The summed E-state index contributed by atoms with van der Waals surface area (Å²) < 4.78 is 7.78. The third kappa shape index (κ3) is 6.44. The van der Waals surface area contributed by atoms with Gasteiger partial charge in [-0.05, 0) is 50.2 Å². The Morgan fingerprint density at radius 1 is 1.34 bits per heavy atom. The van der Waals surface area contributed by atoms with Crippen LogP contribution in [0.4, 0.5) is 0 Å².